The predicted molar refractivity (Wildman–Crippen MR) is 108 cm³/mol. The van der Waals surface area contributed by atoms with Crippen LogP contribution in [-0.2, 0) is 6.54 Å². The van der Waals surface area contributed by atoms with Gasteiger partial charge in [-0.05, 0) is 68.2 Å². The Morgan fingerprint density at radius 1 is 0.962 bits per heavy atom. The minimum Gasteiger partial charge on any atom is -0.493 e. The van der Waals surface area contributed by atoms with E-state index in [0.29, 0.717) is 5.92 Å². The van der Waals surface area contributed by atoms with Crippen LogP contribution in [0, 0.1) is 5.92 Å². The smallest absolute Gasteiger partial charge is 0.119 e. The topological polar surface area (TPSA) is 17.4 Å². The zero-order valence-corrected chi connectivity index (χ0v) is 15.7. The molecule has 4 rings (SSSR count). The van der Waals surface area contributed by atoms with E-state index in [1.54, 1.807) is 0 Å². The van der Waals surface area contributed by atoms with Crippen LogP contribution in [0.3, 0.4) is 0 Å². The highest BCUT2D eigenvalue weighted by Gasteiger charge is 2.19. The van der Waals surface area contributed by atoms with Crippen molar-refractivity contribution < 1.29 is 4.74 Å². The first-order valence-corrected chi connectivity index (χ1v) is 9.80. The van der Waals surface area contributed by atoms with Crippen molar-refractivity contribution in [3.8, 4) is 5.75 Å². The van der Waals surface area contributed by atoms with E-state index in [1.165, 1.54) is 23.7 Å². The number of ether oxygens (including phenoxy) is 1. The number of hydrogen-bond acceptors (Lipinski definition) is 2. The number of benzene rings is 2. The molecule has 1 aliphatic heterocycles. The van der Waals surface area contributed by atoms with Crippen LogP contribution in [0.15, 0.2) is 60.8 Å². The summed E-state index contributed by atoms with van der Waals surface area (Å²) in [6, 6.07) is 18.4. The minimum absolute atomic E-state index is 0.668. The highest BCUT2D eigenvalue weighted by atomic mass is 35.5. The van der Waals surface area contributed by atoms with Crippen LogP contribution in [-0.4, -0.2) is 35.7 Å². The van der Waals surface area contributed by atoms with Crippen molar-refractivity contribution >= 4 is 22.5 Å². The molecular weight excluding hydrogens is 344 g/mol. The summed E-state index contributed by atoms with van der Waals surface area (Å²) in [4.78, 5) is 2.57. The Labute approximate surface area is 160 Å². The Morgan fingerprint density at radius 2 is 1.77 bits per heavy atom. The molecule has 0 radical (unpaired) electrons. The lowest BCUT2D eigenvalue weighted by atomic mass is 9.98. The van der Waals surface area contributed by atoms with Gasteiger partial charge in [-0.3, -0.25) is 0 Å². The number of aromatic nitrogens is 1. The lowest BCUT2D eigenvalue weighted by Gasteiger charge is -2.32. The van der Waals surface area contributed by atoms with Crippen molar-refractivity contribution in [1.82, 2.24) is 9.47 Å². The summed E-state index contributed by atoms with van der Waals surface area (Å²) in [6.45, 7) is 5.28. The second-order valence-electron chi connectivity index (χ2n) is 7.12. The summed E-state index contributed by atoms with van der Waals surface area (Å²) >= 11 is 6.08. The number of likely N-dealkylation sites (tertiary alicyclic amines) is 1. The van der Waals surface area contributed by atoms with Crippen LogP contribution in [0.5, 0.6) is 5.75 Å². The summed E-state index contributed by atoms with van der Waals surface area (Å²) in [5.74, 6) is 1.65. The molecule has 0 aliphatic carbocycles. The van der Waals surface area contributed by atoms with Crippen molar-refractivity contribution in [3.05, 3.63) is 65.8 Å². The first kappa shape index (κ1) is 17.4. The molecule has 3 nitrogen and oxygen atoms in total. The maximum Gasteiger partial charge on any atom is 0.119 e. The normalized spacial score (nSPS) is 16.2. The van der Waals surface area contributed by atoms with Crippen molar-refractivity contribution in [3.63, 3.8) is 0 Å². The van der Waals surface area contributed by atoms with Gasteiger partial charge in [0.05, 0.1) is 6.61 Å². The van der Waals surface area contributed by atoms with Crippen LogP contribution in [0.25, 0.3) is 10.9 Å². The van der Waals surface area contributed by atoms with Gasteiger partial charge in [0, 0.05) is 35.2 Å². The molecular formula is C22H25ClN2O. The largest absolute Gasteiger partial charge is 0.493 e. The van der Waals surface area contributed by atoms with E-state index in [1.807, 2.05) is 42.5 Å². The van der Waals surface area contributed by atoms with Gasteiger partial charge in [0.15, 0.2) is 0 Å². The third kappa shape index (κ3) is 4.22. The first-order valence-electron chi connectivity index (χ1n) is 9.42. The van der Waals surface area contributed by atoms with Crippen LogP contribution in [0.1, 0.15) is 12.8 Å². The lowest BCUT2D eigenvalue weighted by Crippen LogP contribution is -2.37. The fraction of sp³-hybridized carbons (Fsp3) is 0.364. The molecule has 3 aromatic rings. The van der Waals surface area contributed by atoms with E-state index in [4.69, 9.17) is 16.3 Å². The summed E-state index contributed by atoms with van der Waals surface area (Å²) in [7, 11) is 0. The molecule has 0 spiro atoms. The maximum atomic E-state index is 6.08. The molecule has 1 aliphatic rings. The molecule has 0 saturated carbocycles. The molecule has 1 saturated heterocycles. The van der Waals surface area contributed by atoms with Crippen LogP contribution in [0.4, 0.5) is 0 Å². The molecule has 1 fully saturated rings. The van der Waals surface area contributed by atoms with Crippen LogP contribution < -0.4 is 4.74 Å². The molecule has 4 heteroatoms. The average molecular weight is 369 g/mol. The number of hydrogen-bond donors (Lipinski definition) is 0. The Kier molecular flexibility index (Phi) is 5.47. The fourth-order valence-electron chi connectivity index (χ4n) is 3.72. The second kappa shape index (κ2) is 8.15. The molecule has 2 aromatic carbocycles. The third-order valence-corrected chi connectivity index (χ3v) is 5.56. The van der Waals surface area contributed by atoms with E-state index in [0.717, 1.165) is 43.6 Å². The van der Waals surface area contributed by atoms with E-state index >= 15 is 0 Å². The van der Waals surface area contributed by atoms with Gasteiger partial charge in [0.2, 0.25) is 0 Å². The molecule has 136 valence electrons. The number of nitrogens with zero attached hydrogens (tertiary/aromatic N) is 2. The van der Waals surface area contributed by atoms with Gasteiger partial charge < -0.3 is 14.2 Å². The van der Waals surface area contributed by atoms with Crippen molar-refractivity contribution in [2.45, 2.75) is 19.4 Å². The van der Waals surface area contributed by atoms with Gasteiger partial charge in [-0.1, -0.05) is 29.8 Å². The van der Waals surface area contributed by atoms with Gasteiger partial charge in [-0.15, -0.1) is 0 Å². The molecule has 0 bridgehead atoms. The Morgan fingerprint density at radius 3 is 2.58 bits per heavy atom. The average Bonchev–Trinajstić information content (AvgIpc) is 3.08. The van der Waals surface area contributed by atoms with Gasteiger partial charge in [-0.25, -0.2) is 0 Å². The number of piperidine rings is 1. The SMILES string of the molecule is Clc1ccc2c(ccn2CCN2CCC(COc3ccccc3)CC2)c1. The van der Waals surface area contributed by atoms with Crippen molar-refractivity contribution in [2.24, 2.45) is 5.92 Å². The molecule has 0 N–H and O–H groups in total. The van der Waals surface area contributed by atoms with Gasteiger partial charge in [0.25, 0.3) is 0 Å². The van der Waals surface area contributed by atoms with Crippen molar-refractivity contribution in [1.29, 1.82) is 0 Å². The second-order valence-corrected chi connectivity index (χ2v) is 7.56. The molecule has 0 atom stereocenters. The van der Waals surface area contributed by atoms with Crippen molar-refractivity contribution in [2.75, 3.05) is 26.2 Å². The molecule has 2 heterocycles. The highest BCUT2D eigenvalue weighted by molar-refractivity contribution is 6.31. The molecule has 1 aromatic heterocycles. The minimum atomic E-state index is 0.668. The number of halogens is 1. The summed E-state index contributed by atoms with van der Waals surface area (Å²) in [6.07, 6.45) is 4.60. The lowest BCUT2D eigenvalue weighted by molar-refractivity contribution is 0.139. The Hall–Kier alpha value is -1.97. The zero-order chi connectivity index (χ0) is 17.8. The molecule has 0 unspecified atom stereocenters. The summed E-state index contributed by atoms with van der Waals surface area (Å²) in [5.41, 5.74) is 1.26. The Balaban J connectivity index is 1.23. The maximum absolute atomic E-state index is 6.08. The summed E-state index contributed by atoms with van der Waals surface area (Å²) in [5, 5.41) is 2.02. The standard InChI is InChI=1S/C22H25ClN2O/c23-20-6-7-22-19(16-20)10-13-25(22)15-14-24-11-8-18(9-12-24)17-26-21-4-2-1-3-5-21/h1-7,10,13,16,18H,8-9,11-12,14-15,17H2. The number of fused-ring (bicyclic) bond motifs is 1. The number of para-hydroxylation sites is 1. The Bertz CT molecular complexity index is 838. The monoisotopic (exact) mass is 368 g/mol. The van der Waals surface area contributed by atoms with E-state index < -0.39 is 0 Å². The summed E-state index contributed by atoms with van der Waals surface area (Å²) < 4.78 is 8.25. The number of rotatable bonds is 6. The fourth-order valence-corrected chi connectivity index (χ4v) is 3.90. The van der Waals surface area contributed by atoms with Gasteiger partial charge in [0.1, 0.15) is 5.75 Å². The molecule has 26 heavy (non-hydrogen) atoms. The highest BCUT2D eigenvalue weighted by Crippen LogP contribution is 2.22. The van der Waals surface area contributed by atoms with E-state index in [2.05, 4.69) is 27.8 Å². The zero-order valence-electron chi connectivity index (χ0n) is 15.0. The van der Waals surface area contributed by atoms with Crippen LogP contribution >= 0.6 is 11.6 Å². The first-order chi connectivity index (χ1) is 12.8. The predicted octanol–water partition coefficient (Wildman–Crippen LogP) is 5.09. The van der Waals surface area contributed by atoms with Gasteiger partial charge in [-0.2, -0.15) is 0 Å². The van der Waals surface area contributed by atoms with Crippen LogP contribution in [0.2, 0.25) is 5.02 Å². The molecule has 0 amide bonds. The van der Waals surface area contributed by atoms with E-state index in [9.17, 15) is 0 Å². The van der Waals surface area contributed by atoms with Gasteiger partial charge >= 0.3 is 0 Å². The third-order valence-electron chi connectivity index (χ3n) is 5.33. The van der Waals surface area contributed by atoms with E-state index in [-0.39, 0.29) is 0 Å². The quantitative estimate of drug-likeness (QED) is 0.603.